The van der Waals surface area contributed by atoms with Crippen LogP contribution >= 0.6 is 0 Å². The van der Waals surface area contributed by atoms with Gasteiger partial charge in [-0.15, -0.1) is 0 Å². The van der Waals surface area contributed by atoms with Gasteiger partial charge in [0, 0.05) is 6.61 Å². The lowest BCUT2D eigenvalue weighted by molar-refractivity contribution is -0.256. The van der Waals surface area contributed by atoms with Crippen molar-refractivity contribution in [3.8, 4) is 0 Å². The monoisotopic (exact) mass is 526 g/mol. The van der Waals surface area contributed by atoms with E-state index in [1.165, 1.54) is 76.2 Å². The number of aliphatic hydroxyl groups is 1. The third-order valence-corrected chi connectivity index (χ3v) is 14.9. The minimum Gasteiger partial charge on any atom is -0.393 e. The zero-order valence-electron chi connectivity index (χ0n) is 25.6. The predicted molar refractivity (Wildman–Crippen MR) is 155 cm³/mol. The van der Waals surface area contributed by atoms with Crippen molar-refractivity contribution in [1.82, 2.24) is 0 Å². The van der Waals surface area contributed by atoms with Gasteiger partial charge in [-0.05, 0) is 147 Å². The SMILES string of the molecule is C=C(C)C1CC[C@]2(COC3CCCCO3)CC[C@]3(C)C(CCC4[C@@]5(C)CC[C@H](O)C(C)(C)C5CC[C@]43C)C12. The van der Waals surface area contributed by atoms with Gasteiger partial charge in [0.15, 0.2) is 6.29 Å². The van der Waals surface area contributed by atoms with Crippen LogP contribution in [0.1, 0.15) is 125 Å². The third-order valence-electron chi connectivity index (χ3n) is 14.9. The maximum absolute atomic E-state index is 11.0. The Kier molecular flexibility index (Phi) is 6.81. The van der Waals surface area contributed by atoms with Crippen LogP contribution in [0, 0.1) is 56.7 Å². The molecule has 1 N–H and O–H groups in total. The Balaban J connectivity index is 1.32. The molecule has 6 rings (SSSR count). The molecule has 1 saturated heterocycles. The highest BCUT2D eigenvalue weighted by Gasteiger charge is 2.70. The molecule has 3 nitrogen and oxygen atoms in total. The predicted octanol–water partition coefficient (Wildman–Crippen LogP) is 8.55. The van der Waals surface area contributed by atoms with Crippen molar-refractivity contribution in [2.75, 3.05) is 13.2 Å². The Bertz CT molecular complexity index is 920. The smallest absolute Gasteiger partial charge is 0.157 e. The fourth-order valence-electron chi connectivity index (χ4n) is 12.6. The topological polar surface area (TPSA) is 38.7 Å². The summed E-state index contributed by atoms with van der Waals surface area (Å²) in [5.74, 6) is 3.52. The summed E-state index contributed by atoms with van der Waals surface area (Å²) in [5, 5.41) is 11.0. The van der Waals surface area contributed by atoms with Crippen LogP contribution in [-0.2, 0) is 9.47 Å². The van der Waals surface area contributed by atoms with E-state index in [9.17, 15) is 5.11 Å². The van der Waals surface area contributed by atoms with E-state index in [-0.39, 0.29) is 17.8 Å². The fourth-order valence-corrected chi connectivity index (χ4v) is 12.6. The minimum atomic E-state index is -0.143. The maximum Gasteiger partial charge on any atom is 0.157 e. The van der Waals surface area contributed by atoms with E-state index in [0.717, 1.165) is 37.9 Å². The van der Waals surface area contributed by atoms with Gasteiger partial charge in [0.05, 0.1) is 12.7 Å². The molecule has 3 heteroatoms. The molecule has 6 fully saturated rings. The molecular weight excluding hydrogens is 468 g/mol. The zero-order valence-corrected chi connectivity index (χ0v) is 25.6. The molecule has 6 aliphatic rings. The van der Waals surface area contributed by atoms with E-state index in [0.29, 0.717) is 39.4 Å². The van der Waals surface area contributed by atoms with Crippen LogP contribution < -0.4 is 0 Å². The summed E-state index contributed by atoms with van der Waals surface area (Å²) < 4.78 is 12.7. The van der Waals surface area contributed by atoms with Crippen molar-refractivity contribution in [3.05, 3.63) is 12.2 Å². The first-order valence-corrected chi connectivity index (χ1v) is 16.5. The van der Waals surface area contributed by atoms with E-state index in [1.807, 2.05) is 0 Å². The molecule has 1 heterocycles. The molecule has 1 aliphatic heterocycles. The quantitative estimate of drug-likeness (QED) is 0.373. The lowest BCUT2D eigenvalue weighted by atomic mass is 9.32. The second kappa shape index (κ2) is 9.32. The normalized spacial score (nSPS) is 53.8. The molecule has 0 spiro atoms. The molecule has 11 atom stereocenters. The largest absolute Gasteiger partial charge is 0.393 e. The van der Waals surface area contributed by atoms with E-state index in [4.69, 9.17) is 9.47 Å². The molecular formula is C35H58O3. The van der Waals surface area contributed by atoms with Crippen LogP contribution in [0.3, 0.4) is 0 Å². The van der Waals surface area contributed by atoms with Crippen molar-refractivity contribution >= 4 is 0 Å². The highest BCUT2D eigenvalue weighted by molar-refractivity contribution is 5.21. The Labute approximate surface area is 233 Å². The molecule has 5 aliphatic carbocycles. The lowest BCUT2D eigenvalue weighted by Crippen LogP contribution is -2.66. The van der Waals surface area contributed by atoms with Crippen molar-refractivity contribution in [2.24, 2.45) is 56.7 Å². The Morgan fingerprint density at radius 3 is 2.34 bits per heavy atom. The fraction of sp³-hybridized carbons (Fsp3) is 0.943. The molecule has 38 heavy (non-hydrogen) atoms. The molecule has 0 aromatic heterocycles. The first-order chi connectivity index (χ1) is 17.9. The highest BCUT2D eigenvalue weighted by Crippen LogP contribution is 2.77. The summed E-state index contributed by atoms with van der Waals surface area (Å²) in [5.41, 5.74) is 2.85. The average Bonchev–Trinajstić information content (AvgIpc) is 3.27. The molecule has 0 radical (unpaired) electrons. The van der Waals surface area contributed by atoms with E-state index >= 15 is 0 Å². The molecule has 5 saturated carbocycles. The summed E-state index contributed by atoms with van der Waals surface area (Å²) in [4.78, 5) is 0. The van der Waals surface area contributed by atoms with Crippen molar-refractivity contribution < 1.29 is 14.6 Å². The van der Waals surface area contributed by atoms with Gasteiger partial charge in [-0.1, -0.05) is 46.8 Å². The Morgan fingerprint density at radius 1 is 0.842 bits per heavy atom. The first kappa shape index (κ1) is 27.8. The van der Waals surface area contributed by atoms with E-state index in [2.05, 4.69) is 48.1 Å². The highest BCUT2D eigenvalue weighted by atomic mass is 16.7. The van der Waals surface area contributed by atoms with Crippen LogP contribution in [0.25, 0.3) is 0 Å². The van der Waals surface area contributed by atoms with Crippen LogP contribution in [0.2, 0.25) is 0 Å². The van der Waals surface area contributed by atoms with Gasteiger partial charge in [0.2, 0.25) is 0 Å². The summed E-state index contributed by atoms with van der Waals surface area (Å²) in [6.07, 6.45) is 16.2. The van der Waals surface area contributed by atoms with E-state index in [1.54, 1.807) is 0 Å². The van der Waals surface area contributed by atoms with Gasteiger partial charge in [-0.3, -0.25) is 0 Å². The van der Waals surface area contributed by atoms with Gasteiger partial charge in [0.1, 0.15) is 0 Å². The summed E-state index contributed by atoms with van der Waals surface area (Å²) in [6, 6.07) is 0. The molecule has 216 valence electrons. The first-order valence-electron chi connectivity index (χ1n) is 16.5. The second-order valence-electron chi connectivity index (χ2n) is 16.5. The molecule has 6 unspecified atom stereocenters. The third kappa shape index (κ3) is 3.76. The summed E-state index contributed by atoms with van der Waals surface area (Å²) >= 11 is 0. The van der Waals surface area contributed by atoms with Crippen molar-refractivity contribution in [3.63, 3.8) is 0 Å². The maximum atomic E-state index is 11.0. The lowest BCUT2D eigenvalue weighted by Gasteiger charge is -2.73. The van der Waals surface area contributed by atoms with Crippen LogP contribution in [0.4, 0.5) is 0 Å². The molecule has 0 aromatic carbocycles. The molecule has 0 amide bonds. The average molecular weight is 527 g/mol. The van der Waals surface area contributed by atoms with Gasteiger partial charge >= 0.3 is 0 Å². The van der Waals surface area contributed by atoms with Crippen molar-refractivity contribution in [2.45, 2.75) is 137 Å². The van der Waals surface area contributed by atoms with Crippen LogP contribution in [-0.4, -0.2) is 30.7 Å². The molecule has 0 bridgehead atoms. The number of ether oxygens (including phenoxy) is 2. The van der Waals surface area contributed by atoms with Crippen molar-refractivity contribution in [1.29, 1.82) is 0 Å². The Morgan fingerprint density at radius 2 is 1.63 bits per heavy atom. The van der Waals surface area contributed by atoms with Gasteiger partial charge < -0.3 is 14.6 Å². The van der Waals surface area contributed by atoms with Gasteiger partial charge in [-0.2, -0.15) is 0 Å². The summed E-state index contributed by atoms with van der Waals surface area (Å²) in [7, 11) is 0. The second-order valence-corrected chi connectivity index (χ2v) is 16.5. The van der Waals surface area contributed by atoms with Gasteiger partial charge in [-0.25, -0.2) is 0 Å². The Hall–Kier alpha value is -0.380. The number of rotatable bonds is 4. The minimum absolute atomic E-state index is 0.0180. The van der Waals surface area contributed by atoms with Crippen LogP contribution in [0.5, 0.6) is 0 Å². The van der Waals surface area contributed by atoms with Crippen LogP contribution in [0.15, 0.2) is 12.2 Å². The number of hydrogen-bond donors (Lipinski definition) is 1. The number of hydrogen-bond acceptors (Lipinski definition) is 3. The summed E-state index contributed by atoms with van der Waals surface area (Å²) in [6.45, 7) is 21.5. The van der Waals surface area contributed by atoms with Gasteiger partial charge in [0.25, 0.3) is 0 Å². The number of aliphatic hydroxyl groups excluding tert-OH is 1. The number of fused-ring (bicyclic) bond motifs is 7. The number of allylic oxidation sites excluding steroid dienone is 1. The standard InChI is InChI=1S/C35H58O3/c1-23(2)24-13-18-35(22-38-29-10-8-9-21-37-29)20-19-33(6)25(30(24)35)11-12-27-32(5)16-15-28(36)31(3,4)26(32)14-17-34(27,33)7/h24-30,36H,1,8-22H2,2-7H3/t24?,25?,26?,27?,28-,29?,30?,32-,33+,34+,35+/m0/s1. The van der Waals surface area contributed by atoms with E-state index < -0.39 is 0 Å². The zero-order chi connectivity index (χ0) is 27.1. The molecule has 0 aromatic rings.